The number of anilines is 1. The topological polar surface area (TPSA) is 66.9 Å². The van der Waals surface area contributed by atoms with Gasteiger partial charge < -0.3 is 24.6 Å². The second kappa shape index (κ2) is 9.60. The molecule has 0 spiro atoms. The fraction of sp³-hybridized carbons (Fsp3) is 0.455. The number of fused-ring (bicyclic) bond motifs is 1. The number of rotatable bonds is 8. The smallest absolute Gasteiger partial charge is 0.272 e. The summed E-state index contributed by atoms with van der Waals surface area (Å²) in [7, 11) is 7.38. The molecule has 2 aromatic rings. The summed E-state index contributed by atoms with van der Waals surface area (Å²) in [5.41, 5.74) is 3.67. The first-order chi connectivity index (χ1) is 14.0. The van der Waals surface area contributed by atoms with Crippen LogP contribution in [0.5, 0.6) is 11.5 Å². The number of methoxy groups -OCH3 is 2. The van der Waals surface area contributed by atoms with Crippen molar-refractivity contribution in [1.29, 1.82) is 0 Å². The molecule has 0 aliphatic carbocycles. The minimum Gasteiger partial charge on any atom is -0.493 e. The average Bonchev–Trinajstić information content (AvgIpc) is 2.75. The number of carbonyl (C=O) groups is 1. The molecule has 0 bridgehead atoms. The number of hydrogen-bond acceptors (Lipinski definition) is 6. The number of amides is 1. The van der Waals surface area contributed by atoms with Gasteiger partial charge in [0.1, 0.15) is 5.69 Å². The standard InChI is InChI=1S/C22H30N4O3/c1-25(2)10-5-9-23-18-6-7-19(24-14-18)22(27)26-11-8-16-12-20(28-3)21(29-4)13-17(16)15-26/h6-7,12-14,23H,5,8-11,15H2,1-4H3. The number of benzene rings is 1. The molecule has 0 fully saturated rings. The number of pyridine rings is 1. The zero-order valence-electron chi connectivity index (χ0n) is 17.7. The van der Waals surface area contributed by atoms with E-state index in [-0.39, 0.29) is 5.91 Å². The molecule has 1 aliphatic heterocycles. The number of ether oxygens (including phenoxy) is 2. The molecule has 0 atom stereocenters. The fourth-order valence-corrected chi connectivity index (χ4v) is 3.47. The first-order valence-corrected chi connectivity index (χ1v) is 9.89. The molecular formula is C22H30N4O3. The summed E-state index contributed by atoms with van der Waals surface area (Å²) in [6.45, 7) is 3.11. The van der Waals surface area contributed by atoms with Crippen LogP contribution in [0, 0.1) is 0 Å². The maximum absolute atomic E-state index is 12.9. The van der Waals surface area contributed by atoms with Crippen LogP contribution in [0.1, 0.15) is 28.0 Å². The Bertz CT molecular complexity index is 837. The maximum atomic E-state index is 12.9. The molecule has 0 saturated heterocycles. The summed E-state index contributed by atoms with van der Waals surface area (Å²) < 4.78 is 10.8. The number of aromatic nitrogens is 1. The Balaban J connectivity index is 1.62. The lowest BCUT2D eigenvalue weighted by Gasteiger charge is -2.29. The Morgan fingerprint density at radius 2 is 1.90 bits per heavy atom. The highest BCUT2D eigenvalue weighted by Gasteiger charge is 2.24. The molecule has 1 aliphatic rings. The van der Waals surface area contributed by atoms with Crippen LogP contribution in [-0.2, 0) is 13.0 Å². The lowest BCUT2D eigenvalue weighted by molar-refractivity contribution is 0.0728. The number of nitrogens with one attached hydrogen (secondary N) is 1. The highest BCUT2D eigenvalue weighted by molar-refractivity contribution is 5.92. The molecule has 0 radical (unpaired) electrons. The minimum absolute atomic E-state index is 0.0513. The molecular weight excluding hydrogens is 368 g/mol. The van der Waals surface area contributed by atoms with E-state index >= 15 is 0 Å². The van der Waals surface area contributed by atoms with Gasteiger partial charge in [0.15, 0.2) is 11.5 Å². The van der Waals surface area contributed by atoms with Gasteiger partial charge in [-0.05, 0) is 68.9 Å². The van der Waals surface area contributed by atoms with Crippen molar-refractivity contribution in [3.05, 3.63) is 47.3 Å². The van der Waals surface area contributed by atoms with Gasteiger partial charge in [0.2, 0.25) is 0 Å². The zero-order valence-corrected chi connectivity index (χ0v) is 17.7. The number of hydrogen-bond donors (Lipinski definition) is 1. The predicted molar refractivity (Wildman–Crippen MR) is 114 cm³/mol. The van der Waals surface area contributed by atoms with E-state index in [1.165, 1.54) is 5.56 Å². The highest BCUT2D eigenvalue weighted by Crippen LogP contribution is 2.33. The molecule has 1 N–H and O–H groups in total. The van der Waals surface area contributed by atoms with E-state index in [9.17, 15) is 4.79 Å². The van der Waals surface area contributed by atoms with Gasteiger partial charge in [-0.1, -0.05) is 0 Å². The van der Waals surface area contributed by atoms with Crippen LogP contribution >= 0.6 is 0 Å². The van der Waals surface area contributed by atoms with E-state index in [0.717, 1.165) is 42.9 Å². The third kappa shape index (κ3) is 5.17. The van der Waals surface area contributed by atoms with Crippen LogP contribution in [0.15, 0.2) is 30.5 Å². The van der Waals surface area contributed by atoms with Crippen molar-refractivity contribution in [3.63, 3.8) is 0 Å². The largest absolute Gasteiger partial charge is 0.493 e. The van der Waals surface area contributed by atoms with E-state index in [4.69, 9.17) is 9.47 Å². The molecule has 1 aromatic carbocycles. The normalized spacial score (nSPS) is 13.2. The molecule has 3 rings (SSSR count). The Labute approximate surface area is 172 Å². The predicted octanol–water partition coefficient (Wildman–Crippen LogP) is 2.66. The molecule has 7 nitrogen and oxygen atoms in total. The first kappa shape index (κ1) is 20.9. The molecule has 0 unspecified atom stereocenters. The first-order valence-electron chi connectivity index (χ1n) is 9.89. The molecule has 156 valence electrons. The fourth-order valence-electron chi connectivity index (χ4n) is 3.47. The quantitative estimate of drug-likeness (QED) is 0.690. The van der Waals surface area contributed by atoms with E-state index in [1.54, 1.807) is 26.5 Å². The summed E-state index contributed by atoms with van der Waals surface area (Å²) in [4.78, 5) is 21.3. The van der Waals surface area contributed by atoms with E-state index < -0.39 is 0 Å². The van der Waals surface area contributed by atoms with Crippen molar-refractivity contribution >= 4 is 11.6 Å². The van der Waals surface area contributed by atoms with Crippen molar-refractivity contribution in [2.24, 2.45) is 0 Å². The Hall–Kier alpha value is -2.80. The zero-order chi connectivity index (χ0) is 20.8. The summed E-state index contributed by atoms with van der Waals surface area (Å²) in [6, 6.07) is 7.68. The van der Waals surface area contributed by atoms with Gasteiger partial charge in [-0.25, -0.2) is 4.98 Å². The Morgan fingerprint density at radius 3 is 2.52 bits per heavy atom. The van der Waals surface area contributed by atoms with Crippen LogP contribution in [-0.4, -0.2) is 68.6 Å². The SMILES string of the molecule is COc1cc2c(cc1OC)CN(C(=O)c1ccc(NCCCN(C)C)cn1)CC2. The molecule has 7 heteroatoms. The van der Waals surface area contributed by atoms with Gasteiger partial charge in [0.25, 0.3) is 5.91 Å². The molecule has 1 aromatic heterocycles. The van der Waals surface area contributed by atoms with Gasteiger partial charge >= 0.3 is 0 Å². The summed E-state index contributed by atoms with van der Waals surface area (Å²) >= 11 is 0. The van der Waals surface area contributed by atoms with Crippen LogP contribution in [0.25, 0.3) is 0 Å². The van der Waals surface area contributed by atoms with Crippen molar-refractivity contribution < 1.29 is 14.3 Å². The number of carbonyl (C=O) groups excluding carboxylic acids is 1. The van der Waals surface area contributed by atoms with E-state index in [1.807, 2.05) is 23.1 Å². The van der Waals surface area contributed by atoms with Crippen molar-refractivity contribution in [3.8, 4) is 11.5 Å². The van der Waals surface area contributed by atoms with Gasteiger partial charge in [-0.2, -0.15) is 0 Å². The van der Waals surface area contributed by atoms with Crippen LogP contribution in [0.3, 0.4) is 0 Å². The van der Waals surface area contributed by atoms with E-state index in [2.05, 4.69) is 29.3 Å². The number of nitrogens with zero attached hydrogens (tertiary/aromatic N) is 3. The third-order valence-corrected chi connectivity index (χ3v) is 5.10. The molecule has 0 saturated carbocycles. The second-order valence-electron chi connectivity index (χ2n) is 7.47. The summed E-state index contributed by atoms with van der Waals surface area (Å²) in [5.74, 6) is 1.36. The van der Waals surface area contributed by atoms with Crippen LogP contribution in [0.2, 0.25) is 0 Å². The summed E-state index contributed by atoms with van der Waals surface area (Å²) in [5, 5.41) is 3.34. The van der Waals surface area contributed by atoms with Crippen molar-refractivity contribution in [2.75, 3.05) is 53.3 Å². The van der Waals surface area contributed by atoms with E-state index in [0.29, 0.717) is 24.5 Å². The molecule has 2 heterocycles. The monoisotopic (exact) mass is 398 g/mol. The van der Waals surface area contributed by atoms with Crippen LogP contribution < -0.4 is 14.8 Å². The highest BCUT2D eigenvalue weighted by atomic mass is 16.5. The minimum atomic E-state index is -0.0513. The second-order valence-corrected chi connectivity index (χ2v) is 7.47. The molecule has 29 heavy (non-hydrogen) atoms. The van der Waals surface area contributed by atoms with Gasteiger partial charge in [-0.15, -0.1) is 0 Å². The van der Waals surface area contributed by atoms with Crippen molar-refractivity contribution in [1.82, 2.24) is 14.8 Å². The van der Waals surface area contributed by atoms with Gasteiger partial charge in [0.05, 0.1) is 26.1 Å². The molecule has 1 amide bonds. The lowest BCUT2D eigenvalue weighted by atomic mass is 9.98. The van der Waals surface area contributed by atoms with Gasteiger partial charge in [0, 0.05) is 19.6 Å². The van der Waals surface area contributed by atoms with Crippen LogP contribution in [0.4, 0.5) is 5.69 Å². The maximum Gasteiger partial charge on any atom is 0.272 e. The Kier molecular flexibility index (Phi) is 6.93. The van der Waals surface area contributed by atoms with Crippen molar-refractivity contribution in [2.45, 2.75) is 19.4 Å². The lowest BCUT2D eigenvalue weighted by Crippen LogP contribution is -2.36. The van der Waals surface area contributed by atoms with Gasteiger partial charge in [-0.3, -0.25) is 4.79 Å². The third-order valence-electron chi connectivity index (χ3n) is 5.10. The Morgan fingerprint density at radius 1 is 1.17 bits per heavy atom. The summed E-state index contributed by atoms with van der Waals surface area (Å²) in [6.07, 6.45) is 3.57. The average molecular weight is 399 g/mol.